The van der Waals surface area contributed by atoms with E-state index in [1.165, 1.54) is 16.7 Å². The summed E-state index contributed by atoms with van der Waals surface area (Å²) >= 11 is 1.27. The zero-order valence-electron chi connectivity index (χ0n) is 18.4. The molecule has 0 bridgehead atoms. The number of aliphatic carboxylic acids is 1. The molecule has 1 aromatic carbocycles. The van der Waals surface area contributed by atoms with Crippen molar-refractivity contribution >= 4 is 41.6 Å². The second kappa shape index (κ2) is 9.53. The molecule has 6 amide bonds. The summed E-state index contributed by atoms with van der Waals surface area (Å²) in [6.07, 6.45) is 0. The van der Waals surface area contributed by atoms with Gasteiger partial charge in [-0.05, 0) is 19.4 Å². The number of hydrogen-bond donors (Lipinski definition) is 3. The molecule has 13 heteroatoms. The summed E-state index contributed by atoms with van der Waals surface area (Å²) in [5.74, 6) is -2.51. The molecule has 3 aliphatic heterocycles. The Morgan fingerprint density at radius 3 is 2.45 bits per heavy atom. The maximum absolute atomic E-state index is 13.1. The Morgan fingerprint density at radius 1 is 1.21 bits per heavy atom. The second-order valence-corrected chi connectivity index (χ2v) is 10.0. The van der Waals surface area contributed by atoms with Gasteiger partial charge in [-0.15, -0.1) is 11.8 Å². The van der Waals surface area contributed by atoms with Crippen LogP contribution in [0.5, 0.6) is 0 Å². The first-order chi connectivity index (χ1) is 15.1. The summed E-state index contributed by atoms with van der Waals surface area (Å²) in [6, 6.07) is 3.93. The third-order valence-corrected chi connectivity index (χ3v) is 7.30. The second-order valence-electron chi connectivity index (χ2n) is 8.24. The number of carboxylic acid groups (broad SMARTS) is 1. The number of nitrogens with one attached hydrogen (secondary N) is 3. The van der Waals surface area contributed by atoms with E-state index in [0.29, 0.717) is 12.1 Å². The maximum Gasteiger partial charge on any atom is 1.00 e. The van der Waals surface area contributed by atoms with Crippen molar-refractivity contribution in [3.63, 3.8) is 0 Å². The number of amides is 6. The normalized spacial score (nSPS) is 25.8. The summed E-state index contributed by atoms with van der Waals surface area (Å²) in [6.45, 7) is 3.89. The van der Waals surface area contributed by atoms with Gasteiger partial charge in [0.25, 0.3) is 0 Å². The van der Waals surface area contributed by atoms with Crippen molar-refractivity contribution in [3.05, 3.63) is 35.9 Å². The Balaban J connectivity index is 0.00000306. The smallest absolute Gasteiger partial charge is 0.548 e. The number of carbonyl (C=O) groups excluding carboxylic acids is 5. The minimum atomic E-state index is -1.35. The van der Waals surface area contributed by atoms with Crippen LogP contribution in [0.25, 0.3) is 0 Å². The van der Waals surface area contributed by atoms with Crippen LogP contribution in [0.3, 0.4) is 0 Å². The molecule has 4 rings (SSSR count). The van der Waals surface area contributed by atoms with Gasteiger partial charge in [0.05, 0.1) is 12.0 Å². The topological polar surface area (TPSA) is 151 Å². The van der Waals surface area contributed by atoms with Crippen molar-refractivity contribution < 1.29 is 58.6 Å². The molecule has 170 valence electrons. The van der Waals surface area contributed by atoms with E-state index in [9.17, 15) is 29.1 Å². The van der Waals surface area contributed by atoms with Crippen LogP contribution >= 0.6 is 11.8 Å². The number of benzene rings is 1. The standard InChI is InChI=1S/C20H23N5O6S.Na/c1-20(2)13(17(28)29)25-15(27)12(16(25)32-20)22-14(26)11(10-6-4-3-5-7-10)23-19(31)24-9-8-21-18(24)30;/h3-7,11-13,16H,8-9H2,1-2H3,(H,21,30)(H,22,26)(H,23,31)(H,28,29);/q;+1/p-1/t11-,12+,13-,16+;/m1./s1. The third-order valence-electron chi connectivity index (χ3n) is 5.73. The predicted molar refractivity (Wildman–Crippen MR) is 111 cm³/mol. The molecule has 4 atom stereocenters. The molecule has 0 radical (unpaired) electrons. The number of nitrogens with zero attached hydrogens (tertiary/aromatic N) is 2. The van der Waals surface area contributed by atoms with Crippen LogP contribution in [0.2, 0.25) is 0 Å². The molecule has 11 nitrogen and oxygen atoms in total. The summed E-state index contributed by atoms with van der Waals surface area (Å²) in [5.41, 5.74) is 0.466. The molecule has 0 aliphatic carbocycles. The minimum absolute atomic E-state index is 0. The maximum atomic E-state index is 13.1. The van der Waals surface area contributed by atoms with E-state index in [2.05, 4.69) is 16.0 Å². The van der Waals surface area contributed by atoms with E-state index in [-0.39, 0.29) is 36.1 Å². The number of hydrogen-bond acceptors (Lipinski definition) is 7. The monoisotopic (exact) mass is 483 g/mol. The number of rotatable bonds is 5. The van der Waals surface area contributed by atoms with Gasteiger partial charge in [0.2, 0.25) is 11.8 Å². The average molecular weight is 483 g/mol. The number of carboxylic acids is 1. The zero-order valence-corrected chi connectivity index (χ0v) is 21.2. The van der Waals surface area contributed by atoms with Gasteiger partial charge in [0, 0.05) is 17.8 Å². The van der Waals surface area contributed by atoms with Crippen LogP contribution in [0, 0.1) is 0 Å². The molecule has 0 unspecified atom stereocenters. The van der Waals surface area contributed by atoms with Gasteiger partial charge in [0.1, 0.15) is 17.5 Å². The summed E-state index contributed by atoms with van der Waals surface area (Å²) < 4.78 is -0.783. The largest absolute Gasteiger partial charge is 1.00 e. The third kappa shape index (κ3) is 4.57. The fraction of sp³-hybridized carbons (Fsp3) is 0.450. The number of imide groups is 1. The minimum Gasteiger partial charge on any atom is -0.548 e. The van der Waals surface area contributed by atoms with E-state index < -0.39 is 58.1 Å². The molecular formula is C20H22N5NaO6S. The van der Waals surface area contributed by atoms with Crippen molar-refractivity contribution in [3.8, 4) is 0 Å². The SMILES string of the molecule is CC1(C)S[C@H]2[C@@H](NC(=O)[C@H](NC(=O)N3CCNC3=O)c3ccccc3)C(=O)N2[C@@H]1C(=O)[O-].[Na+]. The Kier molecular flexibility index (Phi) is 7.32. The first kappa shape index (κ1) is 25.3. The van der Waals surface area contributed by atoms with Crippen molar-refractivity contribution in [2.45, 2.75) is 42.1 Å². The Labute approximate surface area is 216 Å². The first-order valence-corrected chi connectivity index (χ1v) is 10.9. The molecule has 1 aromatic rings. The van der Waals surface area contributed by atoms with Crippen molar-refractivity contribution in [1.29, 1.82) is 0 Å². The number of urea groups is 2. The van der Waals surface area contributed by atoms with Crippen LogP contribution in [0.4, 0.5) is 9.59 Å². The molecule has 3 heterocycles. The van der Waals surface area contributed by atoms with Crippen LogP contribution in [-0.2, 0) is 14.4 Å². The number of β-lactam (4-membered cyclic amide) rings is 1. The molecule has 0 spiro atoms. The number of thioether (sulfide) groups is 1. The van der Waals surface area contributed by atoms with Crippen LogP contribution in [0.1, 0.15) is 25.5 Å². The average Bonchev–Trinajstić information content (AvgIpc) is 3.29. The van der Waals surface area contributed by atoms with E-state index in [1.54, 1.807) is 44.2 Å². The molecule has 3 saturated heterocycles. The van der Waals surface area contributed by atoms with Crippen molar-refractivity contribution in [1.82, 2.24) is 25.8 Å². The number of carbonyl (C=O) groups is 5. The van der Waals surface area contributed by atoms with E-state index in [4.69, 9.17) is 0 Å². The van der Waals surface area contributed by atoms with Gasteiger partial charge in [-0.25, -0.2) is 14.5 Å². The van der Waals surface area contributed by atoms with Gasteiger partial charge in [0.15, 0.2) is 0 Å². The van der Waals surface area contributed by atoms with Crippen LogP contribution in [0.15, 0.2) is 30.3 Å². The molecule has 0 aromatic heterocycles. The van der Waals surface area contributed by atoms with Gasteiger partial charge in [-0.1, -0.05) is 30.3 Å². The Hall–Kier alpha value is -2.28. The van der Waals surface area contributed by atoms with E-state index >= 15 is 0 Å². The fourth-order valence-electron chi connectivity index (χ4n) is 4.18. The Bertz CT molecular complexity index is 992. The number of fused-ring (bicyclic) bond motifs is 1. The van der Waals surface area contributed by atoms with Crippen molar-refractivity contribution in [2.24, 2.45) is 0 Å². The van der Waals surface area contributed by atoms with Gasteiger partial charge < -0.3 is 30.8 Å². The molecule has 3 aliphatic rings. The molecular weight excluding hydrogens is 461 g/mol. The van der Waals surface area contributed by atoms with Gasteiger partial charge in [-0.2, -0.15) is 0 Å². The zero-order chi connectivity index (χ0) is 23.2. The van der Waals surface area contributed by atoms with Crippen LogP contribution in [-0.4, -0.2) is 74.9 Å². The molecule has 33 heavy (non-hydrogen) atoms. The first-order valence-electron chi connectivity index (χ1n) is 10.0. The van der Waals surface area contributed by atoms with E-state index in [1.807, 2.05) is 0 Å². The van der Waals surface area contributed by atoms with Gasteiger partial charge >= 0.3 is 41.6 Å². The summed E-state index contributed by atoms with van der Waals surface area (Å²) in [7, 11) is 0. The van der Waals surface area contributed by atoms with Crippen molar-refractivity contribution in [2.75, 3.05) is 13.1 Å². The predicted octanol–water partition coefficient (Wildman–Crippen LogP) is -4.24. The summed E-state index contributed by atoms with van der Waals surface area (Å²) in [5, 5.41) is 18.7. The fourth-order valence-corrected chi connectivity index (χ4v) is 5.80. The van der Waals surface area contributed by atoms with E-state index in [0.717, 1.165) is 4.90 Å². The molecule has 3 N–H and O–H groups in total. The van der Waals surface area contributed by atoms with Gasteiger partial charge in [-0.3, -0.25) is 9.59 Å². The van der Waals surface area contributed by atoms with Crippen LogP contribution < -0.4 is 50.6 Å². The summed E-state index contributed by atoms with van der Waals surface area (Å²) in [4.78, 5) is 63.9. The molecule has 3 fully saturated rings. The molecule has 0 saturated carbocycles. The quantitative estimate of drug-likeness (QED) is 0.284. The Morgan fingerprint density at radius 2 is 1.88 bits per heavy atom.